The van der Waals surface area contributed by atoms with Gasteiger partial charge < -0.3 is 16.0 Å². The van der Waals surface area contributed by atoms with Crippen LogP contribution in [0.1, 0.15) is 16.1 Å². The Hall–Kier alpha value is -4.27. The van der Waals surface area contributed by atoms with Crippen LogP contribution in [0.2, 0.25) is 0 Å². The zero-order valence-electron chi connectivity index (χ0n) is 15.8. The summed E-state index contributed by atoms with van der Waals surface area (Å²) in [6.07, 6.45) is 6.49. The molecule has 0 bridgehead atoms. The quantitative estimate of drug-likeness (QED) is 0.398. The largest absolute Gasteiger partial charge is 0.363 e. The first-order valence-corrected chi connectivity index (χ1v) is 9.18. The molecule has 9 nitrogen and oxygen atoms in total. The molecule has 150 valence electrons. The number of hydrogen-bond acceptors (Lipinski definition) is 5. The van der Waals surface area contributed by atoms with Crippen molar-refractivity contribution in [1.82, 2.24) is 25.1 Å². The Kier molecular flexibility index (Phi) is 5.08. The standard InChI is InChI=1S/C21H18N6O3/c22-20(29)19(28)17(11-13-12-24-16-4-2-1-3-15(13)16)26-21(30)18-7-10-25-27(18)14-5-8-23-9-6-14/h1-10,12,17,24H,11H2,(H2,22,29)(H,26,30). The third-order valence-corrected chi connectivity index (χ3v) is 4.75. The van der Waals surface area contributed by atoms with Crippen molar-refractivity contribution < 1.29 is 14.4 Å². The molecule has 0 aliphatic carbocycles. The van der Waals surface area contributed by atoms with E-state index in [1.165, 1.54) is 16.9 Å². The Balaban J connectivity index is 1.62. The van der Waals surface area contributed by atoms with Crippen molar-refractivity contribution in [2.75, 3.05) is 0 Å². The molecule has 9 heteroatoms. The topological polar surface area (TPSA) is 136 Å². The van der Waals surface area contributed by atoms with Gasteiger partial charge >= 0.3 is 0 Å². The van der Waals surface area contributed by atoms with Crippen molar-refractivity contribution >= 4 is 28.5 Å². The molecular weight excluding hydrogens is 384 g/mol. The van der Waals surface area contributed by atoms with E-state index in [9.17, 15) is 14.4 Å². The monoisotopic (exact) mass is 402 g/mol. The van der Waals surface area contributed by atoms with Crippen molar-refractivity contribution in [1.29, 1.82) is 0 Å². The molecule has 1 atom stereocenters. The summed E-state index contributed by atoms with van der Waals surface area (Å²) in [6, 6.07) is 11.3. The summed E-state index contributed by atoms with van der Waals surface area (Å²) in [5.74, 6) is -2.53. The number of Topliss-reactive ketones (excluding diaryl/α,β-unsaturated/α-hetero) is 1. The summed E-state index contributed by atoms with van der Waals surface area (Å²) in [7, 11) is 0. The van der Waals surface area contributed by atoms with Crippen LogP contribution in [0.3, 0.4) is 0 Å². The summed E-state index contributed by atoms with van der Waals surface area (Å²) >= 11 is 0. The van der Waals surface area contributed by atoms with Crippen LogP contribution in [0, 0.1) is 0 Å². The van der Waals surface area contributed by atoms with E-state index in [0.717, 1.165) is 16.5 Å². The molecule has 0 saturated carbocycles. The Morgan fingerprint density at radius 1 is 1.07 bits per heavy atom. The van der Waals surface area contributed by atoms with Crippen molar-refractivity contribution in [3.63, 3.8) is 0 Å². The molecule has 0 aliphatic heterocycles. The van der Waals surface area contributed by atoms with Crippen molar-refractivity contribution in [2.45, 2.75) is 12.5 Å². The van der Waals surface area contributed by atoms with Crippen LogP contribution in [0.25, 0.3) is 16.6 Å². The molecule has 30 heavy (non-hydrogen) atoms. The molecule has 0 fully saturated rings. The Labute approximate surface area is 170 Å². The predicted molar refractivity (Wildman–Crippen MR) is 109 cm³/mol. The molecule has 4 N–H and O–H groups in total. The number of nitrogens with one attached hydrogen (secondary N) is 2. The van der Waals surface area contributed by atoms with E-state index in [1.54, 1.807) is 30.7 Å². The number of hydrogen-bond donors (Lipinski definition) is 3. The van der Waals surface area contributed by atoms with Gasteiger partial charge in [0.15, 0.2) is 0 Å². The first-order chi connectivity index (χ1) is 14.5. The minimum absolute atomic E-state index is 0.112. The van der Waals surface area contributed by atoms with E-state index in [-0.39, 0.29) is 12.1 Å². The zero-order valence-corrected chi connectivity index (χ0v) is 15.8. The summed E-state index contributed by atoms with van der Waals surface area (Å²) in [4.78, 5) is 44.0. The lowest BCUT2D eigenvalue weighted by atomic mass is 10.0. The van der Waals surface area contributed by atoms with Crippen molar-refractivity contribution in [3.8, 4) is 5.69 Å². The highest BCUT2D eigenvalue weighted by Crippen LogP contribution is 2.19. The number of nitrogens with two attached hydrogens (primary N) is 1. The molecule has 1 aromatic carbocycles. The lowest BCUT2D eigenvalue weighted by molar-refractivity contribution is -0.137. The number of carbonyl (C=O) groups is 3. The number of H-pyrrole nitrogens is 1. The van der Waals surface area contributed by atoms with E-state index < -0.39 is 23.6 Å². The minimum Gasteiger partial charge on any atom is -0.363 e. The van der Waals surface area contributed by atoms with Gasteiger partial charge in [-0.25, -0.2) is 4.68 Å². The molecule has 4 rings (SSSR count). The van der Waals surface area contributed by atoms with Crippen LogP contribution in [0.5, 0.6) is 0 Å². The molecule has 0 spiro atoms. The average Bonchev–Trinajstić information content (AvgIpc) is 3.41. The first kappa shape index (κ1) is 19.1. The fourth-order valence-corrected chi connectivity index (χ4v) is 3.30. The molecular formula is C21H18N6O3. The molecule has 4 aromatic rings. The molecule has 2 amide bonds. The molecule has 0 radical (unpaired) electrons. The van der Waals surface area contributed by atoms with Gasteiger partial charge in [-0.2, -0.15) is 5.10 Å². The number of fused-ring (bicyclic) bond motifs is 1. The van der Waals surface area contributed by atoms with Crippen LogP contribution in [0.15, 0.2) is 67.3 Å². The fourth-order valence-electron chi connectivity index (χ4n) is 3.30. The minimum atomic E-state index is -1.12. The summed E-state index contributed by atoms with van der Waals surface area (Å²) in [6.45, 7) is 0. The van der Waals surface area contributed by atoms with Crippen LogP contribution >= 0.6 is 0 Å². The average molecular weight is 402 g/mol. The molecule has 0 saturated heterocycles. The maximum absolute atomic E-state index is 12.9. The second kappa shape index (κ2) is 8.00. The second-order valence-corrected chi connectivity index (χ2v) is 6.65. The fraction of sp³-hybridized carbons (Fsp3) is 0.0952. The summed E-state index contributed by atoms with van der Waals surface area (Å²) in [5, 5.41) is 7.69. The third-order valence-electron chi connectivity index (χ3n) is 4.75. The molecule has 1 unspecified atom stereocenters. The second-order valence-electron chi connectivity index (χ2n) is 6.65. The van der Waals surface area contributed by atoms with Gasteiger partial charge in [0, 0.05) is 35.9 Å². The van der Waals surface area contributed by atoms with Gasteiger partial charge in [0.05, 0.1) is 11.9 Å². The number of para-hydroxylation sites is 1. The number of carbonyl (C=O) groups excluding carboxylic acids is 3. The maximum Gasteiger partial charge on any atom is 0.287 e. The molecule has 3 heterocycles. The maximum atomic E-state index is 12.9. The van der Waals surface area contributed by atoms with Gasteiger partial charge in [0.2, 0.25) is 5.78 Å². The number of benzene rings is 1. The van der Waals surface area contributed by atoms with Gasteiger partial charge in [-0.05, 0) is 29.8 Å². The third kappa shape index (κ3) is 3.68. The number of aromatic amines is 1. The lowest BCUT2D eigenvalue weighted by Gasteiger charge is -2.16. The van der Waals surface area contributed by atoms with E-state index >= 15 is 0 Å². The van der Waals surface area contributed by atoms with Crippen LogP contribution in [0.4, 0.5) is 0 Å². The number of rotatable bonds is 7. The van der Waals surface area contributed by atoms with Gasteiger partial charge in [-0.1, -0.05) is 18.2 Å². The Morgan fingerprint density at radius 2 is 1.83 bits per heavy atom. The van der Waals surface area contributed by atoms with Crippen LogP contribution in [-0.4, -0.2) is 43.4 Å². The highest BCUT2D eigenvalue weighted by atomic mass is 16.2. The van der Waals surface area contributed by atoms with Gasteiger partial charge in [-0.15, -0.1) is 0 Å². The van der Waals surface area contributed by atoms with E-state index in [4.69, 9.17) is 5.73 Å². The van der Waals surface area contributed by atoms with E-state index in [0.29, 0.717) is 5.69 Å². The first-order valence-electron chi connectivity index (χ1n) is 9.18. The predicted octanol–water partition coefficient (Wildman–Crippen LogP) is 1.14. The van der Waals surface area contributed by atoms with E-state index in [2.05, 4.69) is 20.4 Å². The normalized spacial score (nSPS) is 11.9. The lowest BCUT2D eigenvalue weighted by Crippen LogP contribution is -2.47. The van der Waals surface area contributed by atoms with Gasteiger partial charge in [0.25, 0.3) is 11.8 Å². The van der Waals surface area contributed by atoms with Gasteiger partial charge in [0.1, 0.15) is 11.7 Å². The van der Waals surface area contributed by atoms with Crippen LogP contribution < -0.4 is 11.1 Å². The number of primary amides is 1. The highest BCUT2D eigenvalue weighted by Gasteiger charge is 2.28. The number of aromatic nitrogens is 4. The highest BCUT2D eigenvalue weighted by molar-refractivity contribution is 6.38. The Morgan fingerprint density at radius 3 is 2.60 bits per heavy atom. The van der Waals surface area contributed by atoms with Crippen molar-refractivity contribution in [2.24, 2.45) is 5.73 Å². The van der Waals surface area contributed by atoms with Gasteiger partial charge in [-0.3, -0.25) is 19.4 Å². The summed E-state index contributed by atoms with van der Waals surface area (Å²) in [5.41, 5.74) is 7.74. The SMILES string of the molecule is NC(=O)C(=O)C(Cc1c[nH]c2ccccc12)NC(=O)c1ccnn1-c1ccncc1. The number of ketones is 1. The summed E-state index contributed by atoms with van der Waals surface area (Å²) < 4.78 is 1.43. The molecule has 0 aliphatic rings. The number of amides is 2. The molecule has 3 aromatic heterocycles. The number of pyridine rings is 1. The van der Waals surface area contributed by atoms with Crippen molar-refractivity contribution in [3.05, 3.63) is 78.5 Å². The smallest absolute Gasteiger partial charge is 0.287 e. The van der Waals surface area contributed by atoms with Crippen LogP contribution in [-0.2, 0) is 16.0 Å². The van der Waals surface area contributed by atoms with E-state index in [1.807, 2.05) is 24.3 Å². The number of nitrogens with zero attached hydrogens (tertiary/aromatic N) is 3. The Bertz CT molecular complexity index is 1230. The zero-order chi connectivity index (χ0) is 21.1.